The number of ether oxygens (including phenoxy) is 2. The van der Waals surface area contributed by atoms with E-state index in [1.165, 1.54) is 18.2 Å². The van der Waals surface area contributed by atoms with Crippen LogP contribution < -0.4 is 14.8 Å². The molecule has 0 aliphatic carbocycles. The molecule has 0 bridgehead atoms. The van der Waals surface area contributed by atoms with Gasteiger partial charge in [-0.2, -0.15) is 5.26 Å². The zero-order valence-corrected chi connectivity index (χ0v) is 19.8. The van der Waals surface area contributed by atoms with Crippen molar-refractivity contribution in [2.24, 2.45) is 0 Å². The van der Waals surface area contributed by atoms with E-state index >= 15 is 0 Å². The number of nitrogens with zero attached hydrogens (tertiary/aromatic N) is 2. The second-order valence-corrected chi connectivity index (χ2v) is 7.82. The molecule has 0 fully saturated rings. The molecular formula is C26H22ClN3O5. The maximum absolute atomic E-state index is 12.7. The lowest BCUT2D eigenvalue weighted by Gasteiger charge is -2.15. The maximum atomic E-state index is 12.7. The average Bonchev–Trinajstić information content (AvgIpc) is 2.83. The number of nitro groups is 1. The van der Waals surface area contributed by atoms with Crippen molar-refractivity contribution in [3.8, 4) is 17.6 Å². The molecule has 0 aromatic heterocycles. The minimum atomic E-state index is -0.547. The number of nitriles is 1. The predicted molar refractivity (Wildman–Crippen MR) is 133 cm³/mol. The molecule has 0 aliphatic rings. The molecule has 0 spiro atoms. The Kier molecular flexibility index (Phi) is 8.43. The summed E-state index contributed by atoms with van der Waals surface area (Å²) in [6.07, 6.45) is 1.42. The molecule has 0 saturated carbocycles. The normalized spacial score (nSPS) is 10.9. The van der Waals surface area contributed by atoms with Crippen molar-refractivity contribution in [2.45, 2.75) is 20.5 Å². The first-order valence-corrected chi connectivity index (χ1v) is 11.0. The predicted octanol–water partition coefficient (Wildman–Crippen LogP) is 6.08. The summed E-state index contributed by atoms with van der Waals surface area (Å²) in [4.78, 5) is 23.0. The van der Waals surface area contributed by atoms with E-state index in [4.69, 9.17) is 21.1 Å². The molecule has 3 aromatic rings. The Morgan fingerprint density at radius 2 is 1.89 bits per heavy atom. The van der Waals surface area contributed by atoms with Gasteiger partial charge in [0, 0.05) is 17.8 Å². The van der Waals surface area contributed by atoms with Crippen molar-refractivity contribution in [1.29, 1.82) is 5.26 Å². The second-order valence-electron chi connectivity index (χ2n) is 7.41. The smallest absolute Gasteiger partial charge is 0.269 e. The van der Waals surface area contributed by atoms with Gasteiger partial charge in [-0.15, -0.1) is 0 Å². The van der Waals surface area contributed by atoms with E-state index in [1.807, 2.05) is 25.1 Å². The molecule has 1 amide bonds. The van der Waals surface area contributed by atoms with Crippen molar-refractivity contribution < 1.29 is 19.2 Å². The van der Waals surface area contributed by atoms with E-state index in [0.29, 0.717) is 29.2 Å². The van der Waals surface area contributed by atoms with Crippen LogP contribution in [0.15, 0.2) is 66.2 Å². The number of hydrogen-bond donors (Lipinski definition) is 1. The van der Waals surface area contributed by atoms with Gasteiger partial charge in [-0.1, -0.05) is 29.8 Å². The Morgan fingerprint density at radius 1 is 1.17 bits per heavy atom. The van der Waals surface area contributed by atoms with Crippen LogP contribution in [0.1, 0.15) is 23.6 Å². The van der Waals surface area contributed by atoms with Crippen molar-refractivity contribution in [3.05, 3.63) is 98.1 Å². The molecule has 0 aliphatic heterocycles. The van der Waals surface area contributed by atoms with Gasteiger partial charge in [-0.25, -0.2) is 0 Å². The van der Waals surface area contributed by atoms with Gasteiger partial charge in [-0.05, 0) is 66.9 Å². The summed E-state index contributed by atoms with van der Waals surface area (Å²) in [5.74, 6) is 0.0750. The number of carbonyl (C=O) groups excluding carboxylic acids is 1. The number of amides is 1. The first-order chi connectivity index (χ1) is 16.8. The summed E-state index contributed by atoms with van der Waals surface area (Å²) in [7, 11) is 0. The van der Waals surface area contributed by atoms with Gasteiger partial charge in [0.15, 0.2) is 11.5 Å². The number of non-ortho nitro benzene ring substituents is 1. The summed E-state index contributed by atoms with van der Waals surface area (Å²) < 4.78 is 11.5. The molecule has 3 rings (SSSR count). The Bertz CT molecular complexity index is 1310. The Labute approximate surface area is 207 Å². The molecule has 9 heteroatoms. The maximum Gasteiger partial charge on any atom is 0.269 e. The van der Waals surface area contributed by atoms with Gasteiger partial charge < -0.3 is 14.8 Å². The van der Waals surface area contributed by atoms with Crippen LogP contribution in [0.25, 0.3) is 6.08 Å². The molecule has 0 unspecified atom stereocenters. The van der Waals surface area contributed by atoms with Crippen LogP contribution in [0.4, 0.5) is 11.4 Å². The van der Waals surface area contributed by atoms with Crippen LogP contribution in [-0.4, -0.2) is 17.4 Å². The number of nitro benzene ring substituents is 1. The first-order valence-electron chi connectivity index (χ1n) is 10.6. The van der Waals surface area contributed by atoms with Crippen LogP contribution in [0.3, 0.4) is 0 Å². The third-order valence-electron chi connectivity index (χ3n) is 4.93. The number of aryl methyl sites for hydroxylation is 1. The average molecular weight is 492 g/mol. The number of anilines is 1. The largest absolute Gasteiger partial charge is 0.490 e. The molecule has 0 saturated heterocycles. The molecular weight excluding hydrogens is 470 g/mol. The van der Waals surface area contributed by atoms with E-state index in [9.17, 15) is 20.2 Å². The highest BCUT2D eigenvalue weighted by Crippen LogP contribution is 2.38. The summed E-state index contributed by atoms with van der Waals surface area (Å²) in [5.41, 5.74) is 2.55. The summed E-state index contributed by atoms with van der Waals surface area (Å²) in [6.45, 7) is 4.09. The molecule has 0 atom stereocenters. The lowest BCUT2D eigenvalue weighted by molar-refractivity contribution is -0.384. The number of halogens is 1. The topological polar surface area (TPSA) is 114 Å². The number of benzene rings is 3. The lowest BCUT2D eigenvalue weighted by atomic mass is 10.1. The molecule has 0 radical (unpaired) electrons. The van der Waals surface area contributed by atoms with E-state index in [-0.39, 0.29) is 28.6 Å². The van der Waals surface area contributed by atoms with Crippen LogP contribution in [0, 0.1) is 28.4 Å². The number of rotatable bonds is 9. The van der Waals surface area contributed by atoms with Gasteiger partial charge in [0.2, 0.25) is 0 Å². The van der Waals surface area contributed by atoms with E-state index in [1.54, 1.807) is 43.3 Å². The molecule has 3 aromatic carbocycles. The van der Waals surface area contributed by atoms with Gasteiger partial charge in [0.05, 0.1) is 16.6 Å². The molecule has 35 heavy (non-hydrogen) atoms. The number of carbonyl (C=O) groups is 1. The molecule has 0 heterocycles. The number of nitrogens with one attached hydrogen (secondary N) is 1. The van der Waals surface area contributed by atoms with Gasteiger partial charge in [0.25, 0.3) is 11.6 Å². The molecule has 178 valence electrons. The third-order valence-corrected chi connectivity index (χ3v) is 5.21. The molecule has 1 N–H and O–H groups in total. The number of hydrogen-bond acceptors (Lipinski definition) is 6. The fraction of sp³-hybridized carbons (Fsp3) is 0.154. The lowest BCUT2D eigenvalue weighted by Crippen LogP contribution is -2.14. The second kappa shape index (κ2) is 11.7. The van der Waals surface area contributed by atoms with Crippen LogP contribution in [0.5, 0.6) is 11.5 Å². The quantitative estimate of drug-likeness (QED) is 0.168. The van der Waals surface area contributed by atoms with E-state index in [0.717, 1.165) is 5.56 Å². The summed E-state index contributed by atoms with van der Waals surface area (Å²) >= 11 is 6.45. The van der Waals surface area contributed by atoms with Crippen molar-refractivity contribution in [3.63, 3.8) is 0 Å². The monoisotopic (exact) mass is 491 g/mol. The minimum Gasteiger partial charge on any atom is -0.490 e. The Morgan fingerprint density at radius 3 is 2.51 bits per heavy atom. The highest BCUT2D eigenvalue weighted by molar-refractivity contribution is 6.32. The fourth-order valence-electron chi connectivity index (χ4n) is 3.16. The third kappa shape index (κ3) is 6.59. The highest BCUT2D eigenvalue weighted by atomic mass is 35.5. The Balaban J connectivity index is 1.83. The van der Waals surface area contributed by atoms with E-state index < -0.39 is 10.8 Å². The van der Waals surface area contributed by atoms with Crippen LogP contribution in [-0.2, 0) is 11.4 Å². The standard InChI is InChI=1S/C26H22ClN3O5/c1-3-34-24-14-19(12-20(15-28)26(31)29-23-7-5-4-6-17(23)2)13-22(27)25(24)35-16-18-8-10-21(11-9-18)30(32)33/h4-14H,3,16H2,1-2H3,(H,29,31)/b20-12+. The number of para-hydroxylation sites is 1. The van der Waals surface area contributed by atoms with Crippen LogP contribution >= 0.6 is 11.6 Å². The van der Waals surface area contributed by atoms with E-state index in [2.05, 4.69) is 5.32 Å². The molecule has 8 nitrogen and oxygen atoms in total. The Hall–Kier alpha value is -4.35. The van der Waals surface area contributed by atoms with Crippen molar-refractivity contribution in [1.82, 2.24) is 0 Å². The highest BCUT2D eigenvalue weighted by Gasteiger charge is 2.16. The zero-order valence-electron chi connectivity index (χ0n) is 19.1. The minimum absolute atomic E-state index is 0.0160. The fourth-order valence-corrected chi connectivity index (χ4v) is 3.44. The summed E-state index contributed by atoms with van der Waals surface area (Å²) in [5, 5.41) is 23.3. The first kappa shape index (κ1) is 25.3. The van der Waals surface area contributed by atoms with Crippen molar-refractivity contribution in [2.75, 3.05) is 11.9 Å². The zero-order chi connectivity index (χ0) is 25.4. The van der Waals surface area contributed by atoms with Gasteiger partial charge in [-0.3, -0.25) is 14.9 Å². The van der Waals surface area contributed by atoms with Crippen LogP contribution in [0.2, 0.25) is 5.02 Å². The summed E-state index contributed by atoms with van der Waals surface area (Å²) in [6, 6.07) is 18.3. The van der Waals surface area contributed by atoms with Crippen molar-refractivity contribution >= 4 is 35.0 Å². The van der Waals surface area contributed by atoms with Gasteiger partial charge >= 0.3 is 0 Å². The van der Waals surface area contributed by atoms with Gasteiger partial charge in [0.1, 0.15) is 18.2 Å². The SMILES string of the molecule is CCOc1cc(/C=C(\C#N)C(=O)Nc2ccccc2C)cc(Cl)c1OCc1ccc([N+](=O)[O-])cc1.